The maximum atomic E-state index is 11.8. The summed E-state index contributed by atoms with van der Waals surface area (Å²) in [5.41, 5.74) is 3.12. The Hall–Kier alpha value is -3.38. The van der Waals surface area contributed by atoms with E-state index in [1.165, 1.54) is 6.20 Å². The van der Waals surface area contributed by atoms with Crippen LogP contribution in [-0.2, 0) is 16.6 Å². The lowest BCUT2D eigenvalue weighted by atomic mass is 10.0. The van der Waals surface area contributed by atoms with Gasteiger partial charge >= 0.3 is 5.97 Å². The number of nitriles is 1. The number of rotatable bonds is 4. The summed E-state index contributed by atoms with van der Waals surface area (Å²) in [5.74, 6) is 0.0171. The first-order chi connectivity index (χ1) is 13.3. The van der Waals surface area contributed by atoms with Crippen LogP contribution < -0.4 is 0 Å². The van der Waals surface area contributed by atoms with E-state index in [1.54, 1.807) is 26.1 Å². The fourth-order valence-corrected chi connectivity index (χ4v) is 2.68. The lowest BCUT2D eigenvalue weighted by molar-refractivity contribution is -0.135. The molecule has 9 heteroatoms. The van der Waals surface area contributed by atoms with E-state index < -0.39 is 5.97 Å². The molecule has 2 rings (SSSR count). The van der Waals surface area contributed by atoms with Gasteiger partial charge in [0.2, 0.25) is 5.84 Å². The fraction of sp³-hybridized carbons (Fsp3) is 0.263. The highest BCUT2D eigenvalue weighted by atomic mass is 32.1. The molecule has 8 nitrogen and oxygen atoms in total. The molecule has 2 aromatic heterocycles. The zero-order valence-electron chi connectivity index (χ0n) is 16.1. The number of nitrogens with one attached hydrogen (secondary N) is 1. The molecule has 2 aromatic rings. The predicted octanol–water partition coefficient (Wildman–Crippen LogP) is 3.35. The van der Waals surface area contributed by atoms with Gasteiger partial charge in [-0.25, -0.2) is 19.8 Å². The third-order valence-corrected chi connectivity index (χ3v) is 4.36. The average molecular weight is 396 g/mol. The van der Waals surface area contributed by atoms with Crippen molar-refractivity contribution in [2.75, 3.05) is 6.61 Å². The van der Waals surface area contributed by atoms with Crippen LogP contribution in [0.1, 0.15) is 30.9 Å². The van der Waals surface area contributed by atoms with Crippen molar-refractivity contribution < 1.29 is 9.53 Å². The molecule has 0 saturated heterocycles. The average Bonchev–Trinajstić information content (AvgIpc) is 3.00. The molecule has 0 spiro atoms. The Balaban J connectivity index is 2.56. The van der Waals surface area contributed by atoms with Gasteiger partial charge in [0.25, 0.3) is 0 Å². The number of ether oxygens (including phenoxy) is 1. The van der Waals surface area contributed by atoms with Crippen LogP contribution in [0.15, 0.2) is 28.4 Å². The molecule has 0 saturated carbocycles. The summed E-state index contributed by atoms with van der Waals surface area (Å²) in [6, 6.07) is 3.95. The highest BCUT2D eigenvalue weighted by Crippen LogP contribution is 2.27. The van der Waals surface area contributed by atoms with Crippen LogP contribution in [0, 0.1) is 22.9 Å². The topological polar surface area (TPSA) is 108 Å². The van der Waals surface area contributed by atoms with Crippen LogP contribution in [0.2, 0.25) is 0 Å². The largest absolute Gasteiger partial charge is 0.460 e. The molecule has 2 heterocycles. The number of aromatic amines is 1. The highest BCUT2D eigenvalue weighted by molar-refractivity contribution is 7.71. The first-order valence-electron chi connectivity index (χ1n) is 8.38. The summed E-state index contributed by atoms with van der Waals surface area (Å²) in [6.07, 6.45) is 3.16. The normalized spacial score (nSPS) is 11.8. The number of imidazole rings is 1. The molecule has 28 heavy (non-hydrogen) atoms. The van der Waals surface area contributed by atoms with E-state index in [9.17, 15) is 10.1 Å². The van der Waals surface area contributed by atoms with Crippen molar-refractivity contribution >= 4 is 36.3 Å². The minimum absolute atomic E-state index is 0.143. The van der Waals surface area contributed by atoms with Crippen molar-refractivity contribution in [3.8, 4) is 17.3 Å². The molecular formula is C19H20N6O2S. The Labute approximate surface area is 167 Å². The van der Waals surface area contributed by atoms with Gasteiger partial charge in [0.1, 0.15) is 16.5 Å². The van der Waals surface area contributed by atoms with Gasteiger partial charge in [0.05, 0.1) is 24.1 Å². The fourth-order valence-electron chi connectivity index (χ4n) is 2.42. The molecule has 0 bridgehead atoms. The summed E-state index contributed by atoms with van der Waals surface area (Å²) >= 11 is 5.36. The number of aromatic nitrogens is 3. The van der Waals surface area contributed by atoms with E-state index in [0.717, 1.165) is 11.5 Å². The summed E-state index contributed by atoms with van der Waals surface area (Å²) in [5, 5.41) is 9.53. The van der Waals surface area contributed by atoms with Crippen molar-refractivity contribution in [3.63, 3.8) is 0 Å². The van der Waals surface area contributed by atoms with Crippen LogP contribution in [0.3, 0.4) is 0 Å². The van der Waals surface area contributed by atoms with Gasteiger partial charge in [-0.1, -0.05) is 12.2 Å². The molecular weight excluding hydrogens is 376 g/mol. The smallest absolute Gasteiger partial charge is 0.376 e. The van der Waals surface area contributed by atoms with Gasteiger partial charge < -0.3 is 14.3 Å². The van der Waals surface area contributed by atoms with Crippen molar-refractivity contribution in [3.05, 3.63) is 40.2 Å². The number of allylic oxidation sites excluding steroid dienone is 1. The van der Waals surface area contributed by atoms with Crippen LogP contribution in [0.25, 0.3) is 16.8 Å². The Kier molecular flexibility index (Phi) is 6.74. The Morgan fingerprint density at radius 2 is 2.29 bits per heavy atom. The molecule has 0 aliphatic carbocycles. The van der Waals surface area contributed by atoms with E-state index >= 15 is 0 Å². The number of hydrogen-bond acceptors (Lipinski definition) is 6. The van der Waals surface area contributed by atoms with E-state index in [2.05, 4.69) is 32.7 Å². The van der Waals surface area contributed by atoms with Crippen molar-refractivity contribution in [1.29, 1.82) is 5.26 Å². The lowest BCUT2D eigenvalue weighted by Crippen LogP contribution is -2.14. The van der Waals surface area contributed by atoms with E-state index in [-0.39, 0.29) is 12.4 Å². The highest BCUT2D eigenvalue weighted by Gasteiger charge is 2.15. The van der Waals surface area contributed by atoms with Gasteiger partial charge in [-0.2, -0.15) is 5.26 Å². The molecule has 144 valence electrons. The first kappa shape index (κ1) is 20.9. The summed E-state index contributed by atoms with van der Waals surface area (Å²) in [6.45, 7) is 8.91. The monoisotopic (exact) mass is 396 g/mol. The maximum absolute atomic E-state index is 11.8. The minimum atomic E-state index is -0.652. The van der Waals surface area contributed by atoms with E-state index in [1.807, 2.05) is 18.5 Å². The molecule has 0 aliphatic rings. The van der Waals surface area contributed by atoms with Gasteiger partial charge in [0.15, 0.2) is 0 Å². The number of aryl methyl sites for hydroxylation is 1. The maximum Gasteiger partial charge on any atom is 0.376 e. The number of nitrogens with zero attached hydrogens (tertiary/aromatic N) is 5. The van der Waals surface area contributed by atoms with Gasteiger partial charge in [0, 0.05) is 24.5 Å². The number of amidine groups is 1. The van der Waals surface area contributed by atoms with Gasteiger partial charge in [-0.05, 0) is 39.1 Å². The number of carbonyl (C=O) groups excluding carboxylic acids is 1. The van der Waals surface area contributed by atoms with Crippen molar-refractivity contribution in [1.82, 2.24) is 14.5 Å². The van der Waals surface area contributed by atoms with Crippen LogP contribution >= 0.6 is 12.2 Å². The predicted molar refractivity (Wildman–Crippen MR) is 111 cm³/mol. The zero-order valence-corrected chi connectivity index (χ0v) is 16.9. The zero-order chi connectivity index (χ0) is 20.8. The molecule has 0 unspecified atom stereocenters. The molecule has 0 radical (unpaired) electrons. The second-order valence-electron chi connectivity index (χ2n) is 5.81. The minimum Gasteiger partial charge on any atom is -0.460 e. The van der Waals surface area contributed by atoms with Crippen LogP contribution in [-0.4, -0.2) is 39.7 Å². The summed E-state index contributed by atoms with van der Waals surface area (Å²) < 4.78 is 7.06. The second kappa shape index (κ2) is 9.01. The number of aliphatic imine (C=N–C) groups is 2. The molecule has 0 aromatic carbocycles. The second-order valence-corrected chi connectivity index (χ2v) is 6.21. The van der Waals surface area contributed by atoms with E-state index in [4.69, 9.17) is 17.0 Å². The van der Waals surface area contributed by atoms with Crippen molar-refractivity contribution in [2.24, 2.45) is 17.0 Å². The Morgan fingerprint density at radius 1 is 1.57 bits per heavy atom. The number of pyridine rings is 1. The van der Waals surface area contributed by atoms with Gasteiger partial charge in [-0.3, -0.25) is 0 Å². The molecule has 0 aliphatic heterocycles. The quantitative estimate of drug-likeness (QED) is 0.369. The Bertz CT molecular complexity index is 1080. The third kappa shape index (κ3) is 4.29. The standard InChI is InChI=1S/C19H20N6O2S/c1-6-27-19(26)17(21-4)23-9-11(2)15-7-13(14(8-20)18(28)24-15)16-10-22-12(3)25(16)5/h7,9-10H,4,6H2,1-3,5H3,(H,24,28)/b11-9+,23-17?. The van der Waals surface area contributed by atoms with Crippen molar-refractivity contribution in [2.45, 2.75) is 20.8 Å². The summed E-state index contributed by atoms with van der Waals surface area (Å²) in [7, 11) is 1.87. The van der Waals surface area contributed by atoms with E-state index in [0.29, 0.717) is 27.0 Å². The molecule has 0 fully saturated rings. The number of esters is 1. The molecule has 0 atom stereocenters. The number of hydrogen-bond donors (Lipinski definition) is 1. The van der Waals surface area contributed by atoms with Crippen LogP contribution in [0.4, 0.5) is 0 Å². The Morgan fingerprint density at radius 3 is 2.82 bits per heavy atom. The van der Waals surface area contributed by atoms with Crippen LogP contribution in [0.5, 0.6) is 0 Å². The number of H-pyrrole nitrogens is 1. The van der Waals surface area contributed by atoms with Gasteiger partial charge in [-0.15, -0.1) is 0 Å². The summed E-state index contributed by atoms with van der Waals surface area (Å²) in [4.78, 5) is 26.7. The first-order valence-corrected chi connectivity index (χ1v) is 8.79. The lowest BCUT2D eigenvalue weighted by Gasteiger charge is -2.10. The SMILES string of the molecule is C=NC(=N/C=C(\C)c1cc(-c2cnc(C)n2C)c(C#N)c(=S)[nH]1)C(=O)OCC. The number of carbonyl (C=O) groups is 1. The third-order valence-electron chi connectivity index (χ3n) is 4.05. The molecule has 1 N–H and O–H groups in total. The molecule has 0 amide bonds.